The van der Waals surface area contributed by atoms with E-state index in [2.05, 4.69) is 17.0 Å². The highest BCUT2D eigenvalue weighted by atomic mass is 35.5. The second-order valence-corrected chi connectivity index (χ2v) is 8.22. The molecule has 0 amide bonds. The van der Waals surface area contributed by atoms with E-state index in [-0.39, 0.29) is 30.8 Å². The van der Waals surface area contributed by atoms with Crippen molar-refractivity contribution in [3.05, 3.63) is 105 Å². The van der Waals surface area contributed by atoms with Gasteiger partial charge in [-0.05, 0) is 47.5 Å². The first kappa shape index (κ1) is 27.7. The SMILES string of the molecule is COC(=O)c1ccc(CN2CCN=C(C=Cc3ccc(Cl)c(Cl)c3)c3ccccc32)cc1.Cl.Cl. The highest BCUT2D eigenvalue weighted by Gasteiger charge is 2.17. The van der Waals surface area contributed by atoms with Crippen molar-refractivity contribution in [2.45, 2.75) is 6.54 Å². The first-order chi connectivity index (χ1) is 15.5. The van der Waals surface area contributed by atoms with E-state index in [1.807, 2.05) is 48.6 Å². The van der Waals surface area contributed by atoms with Crippen molar-refractivity contribution >= 4 is 71.5 Å². The van der Waals surface area contributed by atoms with E-state index in [1.165, 1.54) is 7.11 Å². The summed E-state index contributed by atoms with van der Waals surface area (Å²) in [5, 5.41) is 1.07. The molecular formula is C26H24Cl4N2O2. The number of ether oxygens (including phenoxy) is 1. The lowest BCUT2D eigenvalue weighted by Crippen LogP contribution is -2.25. The van der Waals surface area contributed by atoms with Crippen LogP contribution in [-0.2, 0) is 11.3 Å². The van der Waals surface area contributed by atoms with E-state index >= 15 is 0 Å². The van der Waals surface area contributed by atoms with Gasteiger partial charge in [0.1, 0.15) is 0 Å². The Balaban J connectivity index is 0.00000204. The average Bonchev–Trinajstić information content (AvgIpc) is 2.99. The van der Waals surface area contributed by atoms with Crippen molar-refractivity contribution in [1.29, 1.82) is 0 Å². The molecule has 0 saturated heterocycles. The van der Waals surface area contributed by atoms with E-state index in [4.69, 9.17) is 32.9 Å². The number of halogens is 4. The van der Waals surface area contributed by atoms with Gasteiger partial charge in [0.15, 0.2) is 0 Å². The highest BCUT2D eigenvalue weighted by molar-refractivity contribution is 6.42. The monoisotopic (exact) mass is 536 g/mol. The van der Waals surface area contributed by atoms with Gasteiger partial charge < -0.3 is 9.64 Å². The van der Waals surface area contributed by atoms with Gasteiger partial charge in [0.2, 0.25) is 0 Å². The van der Waals surface area contributed by atoms with E-state index in [0.29, 0.717) is 22.2 Å². The van der Waals surface area contributed by atoms with Crippen LogP contribution in [0.4, 0.5) is 5.69 Å². The number of rotatable bonds is 5. The molecule has 3 aromatic rings. The molecule has 1 heterocycles. The summed E-state index contributed by atoms with van der Waals surface area (Å²) >= 11 is 12.2. The molecule has 1 aliphatic heterocycles. The third-order valence-corrected chi connectivity index (χ3v) is 6.04. The summed E-state index contributed by atoms with van der Waals surface area (Å²) < 4.78 is 4.78. The maximum atomic E-state index is 11.7. The van der Waals surface area contributed by atoms with Crippen LogP contribution in [0.3, 0.4) is 0 Å². The molecule has 0 unspecified atom stereocenters. The fourth-order valence-electron chi connectivity index (χ4n) is 3.65. The number of allylic oxidation sites excluding steroid dienone is 1. The number of benzodiazepines with no additional fused rings is 1. The van der Waals surface area contributed by atoms with Crippen molar-refractivity contribution in [3.8, 4) is 0 Å². The smallest absolute Gasteiger partial charge is 0.337 e. The fourth-order valence-corrected chi connectivity index (χ4v) is 3.95. The number of esters is 1. The van der Waals surface area contributed by atoms with Crippen molar-refractivity contribution in [2.24, 2.45) is 4.99 Å². The number of carbonyl (C=O) groups excluding carboxylic acids is 1. The summed E-state index contributed by atoms with van der Waals surface area (Å²) in [6, 6.07) is 21.4. The summed E-state index contributed by atoms with van der Waals surface area (Å²) in [4.78, 5) is 18.8. The van der Waals surface area contributed by atoms with Gasteiger partial charge in [-0.25, -0.2) is 4.79 Å². The van der Waals surface area contributed by atoms with Crippen molar-refractivity contribution in [1.82, 2.24) is 0 Å². The standard InChI is InChI=1S/C26H22Cl2N2O2.2ClH/c1-32-26(31)20-10-6-19(7-11-20)17-30-15-14-29-24(21-4-2-3-5-25(21)30)13-9-18-8-12-22(27)23(28)16-18;;/h2-13,16H,14-15,17H2,1H3;2*1H. The average molecular weight is 538 g/mol. The predicted octanol–water partition coefficient (Wildman–Crippen LogP) is 7.15. The van der Waals surface area contributed by atoms with E-state index < -0.39 is 0 Å². The molecule has 1 aliphatic rings. The largest absolute Gasteiger partial charge is 0.465 e. The second kappa shape index (κ2) is 12.8. The Kier molecular flexibility index (Phi) is 10.5. The summed E-state index contributed by atoms with van der Waals surface area (Å²) in [7, 11) is 1.39. The lowest BCUT2D eigenvalue weighted by Gasteiger charge is -2.25. The van der Waals surface area contributed by atoms with Gasteiger partial charge >= 0.3 is 5.97 Å². The molecule has 4 nitrogen and oxygen atoms in total. The van der Waals surface area contributed by atoms with E-state index in [1.54, 1.807) is 18.2 Å². The first-order valence-electron chi connectivity index (χ1n) is 10.2. The predicted molar refractivity (Wildman–Crippen MR) is 147 cm³/mol. The maximum Gasteiger partial charge on any atom is 0.337 e. The zero-order valence-corrected chi connectivity index (χ0v) is 21.6. The van der Waals surface area contributed by atoms with Gasteiger partial charge in [-0.3, -0.25) is 4.99 Å². The van der Waals surface area contributed by atoms with E-state index in [9.17, 15) is 4.79 Å². The molecule has 0 bridgehead atoms. The van der Waals surface area contributed by atoms with Gasteiger partial charge in [-0.1, -0.05) is 65.7 Å². The summed E-state index contributed by atoms with van der Waals surface area (Å²) in [5.74, 6) is -0.330. The Bertz CT molecular complexity index is 1190. The molecule has 3 aromatic carbocycles. The number of para-hydroxylation sites is 1. The number of aliphatic imine (C=N–C) groups is 1. The number of carbonyl (C=O) groups is 1. The Morgan fingerprint density at radius 1 is 1.00 bits per heavy atom. The molecule has 34 heavy (non-hydrogen) atoms. The normalized spacial score (nSPS) is 12.7. The summed E-state index contributed by atoms with van der Waals surface area (Å²) in [5.41, 5.74) is 5.75. The Hall–Kier alpha value is -2.50. The van der Waals surface area contributed by atoms with Crippen LogP contribution in [0.15, 0.2) is 77.8 Å². The molecule has 0 radical (unpaired) electrons. The van der Waals surface area contributed by atoms with Crippen LogP contribution in [0.2, 0.25) is 10.0 Å². The van der Waals surface area contributed by atoms with Crippen LogP contribution in [0.25, 0.3) is 6.08 Å². The van der Waals surface area contributed by atoms with Gasteiger partial charge in [0.25, 0.3) is 0 Å². The topological polar surface area (TPSA) is 41.9 Å². The number of methoxy groups -OCH3 is 1. The van der Waals surface area contributed by atoms with Crippen LogP contribution in [0.1, 0.15) is 27.0 Å². The molecule has 0 spiro atoms. The minimum Gasteiger partial charge on any atom is -0.465 e. The number of anilines is 1. The molecular weight excluding hydrogens is 514 g/mol. The molecule has 0 saturated carbocycles. The summed E-state index contributed by atoms with van der Waals surface area (Å²) in [6.07, 6.45) is 4.02. The lowest BCUT2D eigenvalue weighted by atomic mass is 10.0. The first-order valence-corrected chi connectivity index (χ1v) is 11.0. The van der Waals surface area contributed by atoms with Crippen molar-refractivity contribution in [2.75, 3.05) is 25.1 Å². The van der Waals surface area contributed by atoms with Crippen LogP contribution in [0.5, 0.6) is 0 Å². The number of nitrogens with zero attached hydrogens (tertiary/aromatic N) is 2. The zero-order chi connectivity index (χ0) is 22.5. The second-order valence-electron chi connectivity index (χ2n) is 7.40. The third-order valence-electron chi connectivity index (χ3n) is 5.30. The molecule has 8 heteroatoms. The Morgan fingerprint density at radius 3 is 2.44 bits per heavy atom. The van der Waals surface area contributed by atoms with Crippen LogP contribution in [0, 0.1) is 0 Å². The lowest BCUT2D eigenvalue weighted by molar-refractivity contribution is 0.0600. The molecule has 4 rings (SSSR count). The molecule has 0 N–H and O–H groups in total. The van der Waals surface area contributed by atoms with Crippen LogP contribution < -0.4 is 4.90 Å². The van der Waals surface area contributed by atoms with Crippen molar-refractivity contribution < 1.29 is 9.53 Å². The highest BCUT2D eigenvalue weighted by Crippen LogP contribution is 2.27. The minimum atomic E-state index is -0.330. The van der Waals surface area contributed by atoms with Gasteiger partial charge in [0.05, 0.1) is 35.0 Å². The van der Waals surface area contributed by atoms with Crippen LogP contribution in [-0.4, -0.2) is 31.9 Å². The van der Waals surface area contributed by atoms with E-state index in [0.717, 1.165) is 41.2 Å². The maximum absolute atomic E-state index is 11.7. The molecule has 0 aromatic heterocycles. The molecule has 0 fully saturated rings. The van der Waals surface area contributed by atoms with Gasteiger partial charge in [0, 0.05) is 24.3 Å². The number of benzene rings is 3. The molecule has 178 valence electrons. The van der Waals surface area contributed by atoms with Crippen LogP contribution >= 0.6 is 48.0 Å². The zero-order valence-electron chi connectivity index (χ0n) is 18.4. The third kappa shape index (κ3) is 6.55. The number of hydrogen-bond acceptors (Lipinski definition) is 4. The Labute approximate surface area is 222 Å². The van der Waals surface area contributed by atoms with Gasteiger partial charge in [-0.2, -0.15) is 0 Å². The molecule has 0 aliphatic carbocycles. The number of fused-ring (bicyclic) bond motifs is 1. The minimum absolute atomic E-state index is 0. The van der Waals surface area contributed by atoms with Crippen molar-refractivity contribution in [3.63, 3.8) is 0 Å². The fraction of sp³-hybridized carbons (Fsp3) is 0.154. The number of hydrogen-bond donors (Lipinski definition) is 0. The molecule has 0 atom stereocenters. The summed E-state index contributed by atoms with van der Waals surface area (Å²) in [6.45, 7) is 2.19. The van der Waals surface area contributed by atoms with Gasteiger partial charge in [-0.15, -0.1) is 24.8 Å². The quantitative estimate of drug-likeness (QED) is 0.324. The Morgan fingerprint density at radius 2 is 1.74 bits per heavy atom.